The van der Waals surface area contributed by atoms with Crippen LogP contribution in [-0.2, 0) is 14.3 Å². The van der Waals surface area contributed by atoms with Crippen molar-refractivity contribution in [3.63, 3.8) is 0 Å². The molecule has 0 saturated heterocycles. The third-order valence-electron chi connectivity index (χ3n) is 2.28. The quantitative estimate of drug-likeness (QED) is 0.502. The van der Waals surface area contributed by atoms with Crippen LogP contribution in [0.25, 0.3) is 0 Å². The van der Waals surface area contributed by atoms with Crippen molar-refractivity contribution in [2.75, 3.05) is 31.7 Å². The van der Waals surface area contributed by atoms with Crippen molar-refractivity contribution in [2.45, 2.75) is 6.92 Å². The number of carbonyl (C=O) groups is 2. The van der Waals surface area contributed by atoms with Crippen molar-refractivity contribution in [3.8, 4) is 0 Å². The second kappa shape index (κ2) is 8.23. The van der Waals surface area contributed by atoms with Crippen molar-refractivity contribution < 1.29 is 19.4 Å². The van der Waals surface area contributed by atoms with Crippen LogP contribution in [0.4, 0.5) is 5.69 Å². The Hall–Kier alpha value is -1.92. The molecule has 19 heavy (non-hydrogen) atoms. The molecule has 0 atom stereocenters. The average Bonchev–Trinajstić information content (AvgIpc) is 2.41. The summed E-state index contributed by atoms with van der Waals surface area (Å²) in [6.45, 7) is 2.56. The van der Waals surface area contributed by atoms with Gasteiger partial charge in [-0.05, 0) is 19.1 Å². The van der Waals surface area contributed by atoms with Gasteiger partial charge in [-0.1, -0.05) is 17.7 Å². The monoisotopic (exact) mass is 266 g/mol. The number of anilines is 1. The molecule has 1 rings (SSSR count). The number of hydrogen-bond acceptors (Lipinski definition) is 4. The van der Waals surface area contributed by atoms with Crippen molar-refractivity contribution in [1.29, 1.82) is 0 Å². The lowest BCUT2D eigenvalue weighted by Crippen LogP contribution is -2.37. The topological polar surface area (TPSA) is 87.7 Å². The third kappa shape index (κ3) is 5.98. The number of hydrogen-bond donors (Lipinski definition) is 3. The second-order valence-electron chi connectivity index (χ2n) is 3.91. The van der Waals surface area contributed by atoms with Gasteiger partial charge in [-0.2, -0.15) is 0 Å². The number of rotatable bonds is 6. The Morgan fingerprint density at radius 2 is 1.84 bits per heavy atom. The molecule has 0 spiro atoms. The number of aliphatic hydroxyl groups is 1. The Kier molecular flexibility index (Phi) is 6.56. The molecule has 6 nitrogen and oxygen atoms in total. The van der Waals surface area contributed by atoms with Crippen molar-refractivity contribution >= 4 is 17.5 Å². The van der Waals surface area contributed by atoms with Crippen LogP contribution in [0.1, 0.15) is 5.56 Å². The van der Waals surface area contributed by atoms with E-state index >= 15 is 0 Å². The lowest BCUT2D eigenvalue weighted by atomic mass is 10.2. The first kappa shape index (κ1) is 15.1. The van der Waals surface area contributed by atoms with Crippen LogP contribution in [0.2, 0.25) is 0 Å². The number of aliphatic hydroxyl groups excluding tert-OH is 1. The molecule has 0 bridgehead atoms. The fourth-order valence-corrected chi connectivity index (χ4v) is 1.31. The molecule has 0 unspecified atom stereocenters. The van der Waals surface area contributed by atoms with Gasteiger partial charge in [0.05, 0.1) is 19.8 Å². The Morgan fingerprint density at radius 1 is 1.16 bits per heavy atom. The number of nitrogens with one attached hydrogen (secondary N) is 2. The number of aryl methyl sites for hydroxylation is 1. The molecule has 3 N–H and O–H groups in total. The Bertz CT molecular complexity index is 417. The van der Waals surface area contributed by atoms with Crippen LogP contribution in [0.3, 0.4) is 0 Å². The first-order valence-electron chi connectivity index (χ1n) is 5.98. The van der Waals surface area contributed by atoms with E-state index in [2.05, 4.69) is 10.6 Å². The molecule has 0 aliphatic carbocycles. The summed E-state index contributed by atoms with van der Waals surface area (Å²) in [4.78, 5) is 22.9. The standard InChI is InChI=1S/C13H18N2O4/c1-10-2-4-11(5-3-10)15-13(18)12(17)14-6-8-19-9-7-16/h2-5,16H,6-9H2,1H3,(H,14,17)(H,15,18). The fraction of sp³-hybridized carbons (Fsp3) is 0.385. The summed E-state index contributed by atoms with van der Waals surface area (Å²) >= 11 is 0. The van der Waals surface area contributed by atoms with Gasteiger partial charge in [0.2, 0.25) is 0 Å². The predicted octanol–water partition coefficient (Wildman–Crippen LogP) is 0.0586. The molecular weight excluding hydrogens is 248 g/mol. The fourth-order valence-electron chi connectivity index (χ4n) is 1.31. The highest BCUT2D eigenvalue weighted by Gasteiger charge is 2.12. The summed E-state index contributed by atoms with van der Waals surface area (Å²) in [5, 5.41) is 13.4. The predicted molar refractivity (Wildman–Crippen MR) is 70.7 cm³/mol. The van der Waals surface area contributed by atoms with Crippen LogP contribution in [0.5, 0.6) is 0 Å². The molecule has 0 aliphatic heterocycles. The van der Waals surface area contributed by atoms with Crippen LogP contribution in [0, 0.1) is 6.92 Å². The van der Waals surface area contributed by atoms with E-state index in [0.29, 0.717) is 5.69 Å². The van der Waals surface area contributed by atoms with E-state index in [0.717, 1.165) is 5.56 Å². The van der Waals surface area contributed by atoms with E-state index < -0.39 is 11.8 Å². The van der Waals surface area contributed by atoms with E-state index in [1.807, 2.05) is 19.1 Å². The zero-order valence-electron chi connectivity index (χ0n) is 10.8. The lowest BCUT2D eigenvalue weighted by Gasteiger charge is -2.07. The summed E-state index contributed by atoms with van der Waals surface area (Å²) in [7, 11) is 0. The van der Waals surface area contributed by atoms with E-state index in [9.17, 15) is 9.59 Å². The van der Waals surface area contributed by atoms with Crippen LogP contribution >= 0.6 is 0 Å². The molecule has 0 aromatic heterocycles. The van der Waals surface area contributed by atoms with Crippen molar-refractivity contribution in [2.24, 2.45) is 0 Å². The molecule has 0 heterocycles. The Labute approximate surface area is 111 Å². The van der Waals surface area contributed by atoms with E-state index in [-0.39, 0.29) is 26.4 Å². The van der Waals surface area contributed by atoms with Gasteiger partial charge in [-0.3, -0.25) is 9.59 Å². The number of amides is 2. The minimum absolute atomic E-state index is 0.0676. The van der Waals surface area contributed by atoms with Gasteiger partial charge in [0, 0.05) is 12.2 Å². The van der Waals surface area contributed by atoms with Gasteiger partial charge in [0.1, 0.15) is 0 Å². The van der Waals surface area contributed by atoms with E-state index in [1.54, 1.807) is 12.1 Å². The summed E-state index contributed by atoms with van der Waals surface area (Å²) in [5.41, 5.74) is 1.64. The van der Waals surface area contributed by atoms with Gasteiger partial charge in [0.15, 0.2) is 0 Å². The van der Waals surface area contributed by atoms with Gasteiger partial charge in [0.25, 0.3) is 0 Å². The number of carbonyl (C=O) groups excluding carboxylic acids is 2. The van der Waals surface area contributed by atoms with Gasteiger partial charge in [-0.15, -0.1) is 0 Å². The van der Waals surface area contributed by atoms with Gasteiger partial charge >= 0.3 is 11.8 Å². The molecule has 2 amide bonds. The summed E-state index contributed by atoms with van der Waals surface area (Å²) in [6.07, 6.45) is 0. The maximum atomic E-state index is 11.5. The normalized spacial score (nSPS) is 10.0. The second-order valence-corrected chi connectivity index (χ2v) is 3.91. The number of ether oxygens (including phenoxy) is 1. The smallest absolute Gasteiger partial charge is 0.313 e. The van der Waals surface area contributed by atoms with Gasteiger partial charge in [-0.25, -0.2) is 0 Å². The van der Waals surface area contributed by atoms with Crippen molar-refractivity contribution in [1.82, 2.24) is 5.32 Å². The van der Waals surface area contributed by atoms with E-state index in [1.165, 1.54) is 0 Å². The highest BCUT2D eigenvalue weighted by Crippen LogP contribution is 2.07. The number of benzene rings is 1. The largest absolute Gasteiger partial charge is 0.394 e. The highest BCUT2D eigenvalue weighted by molar-refractivity contribution is 6.39. The zero-order chi connectivity index (χ0) is 14.1. The molecule has 1 aromatic carbocycles. The zero-order valence-corrected chi connectivity index (χ0v) is 10.8. The molecule has 1 aromatic rings. The first-order chi connectivity index (χ1) is 9.13. The lowest BCUT2D eigenvalue weighted by molar-refractivity contribution is -0.136. The molecule has 0 radical (unpaired) electrons. The first-order valence-corrected chi connectivity index (χ1v) is 5.98. The highest BCUT2D eigenvalue weighted by atomic mass is 16.5. The maximum absolute atomic E-state index is 11.5. The van der Waals surface area contributed by atoms with Crippen molar-refractivity contribution in [3.05, 3.63) is 29.8 Å². The molecule has 0 saturated carbocycles. The maximum Gasteiger partial charge on any atom is 0.313 e. The molecular formula is C13H18N2O4. The van der Waals surface area contributed by atoms with Crippen LogP contribution < -0.4 is 10.6 Å². The molecule has 104 valence electrons. The Morgan fingerprint density at radius 3 is 2.47 bits per heavy atom. The summed E-state index contributed by atoms with van der Waals surface area (Å²) in [5.74, 6) is -1.43. The van der Waals surface area contributed by atoms with Gasteiger partial charge < -0.3 is 20.5 Å². The van der Waals surface area contributed by atoms with Crippen LogP contribution in [0.15, 0.2) is 24.3 Å². The van der Waals surface area contributed by atoms with E-state index in [4.69, 9.17) is 9.84 Å². The minimum atomic E-state index is -0.717. The summed E-state index contributed by atoms with van der Waals surface area (Å²) in [6, 6.07) is 7.14. The Balaban J connectivity index is 2.28. The SMILES string of the molecule is Cc1ccc(NC(=O)C(=O)NCCOCCO)cc1. The third-order valence-corrected chi connectivity index (χ3v) is 2.28. The minimum Gasteiger partial charge on any atom is -0.394 e. The molecule has 0 aliphatic rings. The average molecular weight is 266 g/mol. The molecule has 6 heteroatoms. The molecule has 0 fully saturated rings. The summed E-state index contributed by atoms with van der Waals surface area (Å²) < 4.78 is 4.95. The van der Waals surface area contributed by atoms with Crippen LogP contribution in [-0.4, -0.2) is 43.3 Å².